The van der Waals surface area contributed by atoms with Gasteiger partial charge in [-0.15, -0.1) is 5.10 Å². The molecule has 10 heteroatoms. The number of rotatable bonds is 5. The summed E-state index contributed by atoms with van der Waals surface area (Å²) >= 11 is 1.55. The SMILES string of the molecule is Cc1nc(S(=O)(=O)NCc2cn(-c3ccsc3)nn2)cn1C. The van der Waals surface area contributed by atoms with Gasteiger partial charge in [0, 0.05) is 18.6 Å². The van der Waals surface area contributed by atoms with E-state index in [0.29, 0.717) is 11.5 Å². The summed E-state index contributed by atoms with van der Waals surface area (Å²) in [5.74, 6) is 0.628. The van der Waals surface area contributed by atoms with E-state index in [1.165, 1.54) is 6.20 Å². The molecule has 0 amide bonds. The van der Waals surface area contributed by atoms with Gasteiger partial charge in [-0.05, 0) is 18.4 Å². The summed E-state index contributed by atoms with van der Waals surface area (Å²) in [7, 11) is -1.92. The van der Waals surface area contributed by atoms with E-state index in [-0.39, 0.29) is 11.6 Å². The highest BCUT2D eigenvalue weighted by atomic mass is 32.2. The van der Waals surface area contributed by atoms with Crippen molar-refractivity contribution in [1.82, 2.24) is 29.3 Å². The molecule has 8 nitrogen and oxygen atoms in total. The molecular formula is C12H14N6O2S2. The third kappa shape index (κ3) is 2.93. The van der Waals surface area contributed by atoms with Gasteiger partial charge in [0.1, 0.15) is 5.82 Å². The Kier molecular flexibility index (Phi) is 3.81. The lowest BCUT2D eigenvalue weighted by Crippen LogP contribution is -2.23. The molecule has 0 fully saturated rings. The van der Waals surface area contributed by atoms with Gasteiger partial charge in [0.05, 0.1) is 24.1 Å². The van der Waals surface area contributed by atoms with Gasteiger partial charge in [-0.2, -0.15) is 11.3 Å². The predicted octanol–water partition coefficient (Wildman–Crippen LogP) is 0.849. The van der Waals surface area contributed by atoms with Crippen molar-refractivity contribution in [3.05, 3.63) is 40.7 Å². The van der Waals surface area contributed by atoms with Crippen molar-refractivity contribution in [3.63, 3.8) is 0 Å². The Morgan fingerprint density at radius 1 is 1.36 bits per heavy atom. The van der Waals surface area contributed by atoms with Gasteiger partial charge < -0.3 is 4.57 Å². The number of thiophene rings is 1. The molecule has 3 aromatic rings. The van der Waals surface area contributed by atoms with Crippen molar-refractivity contribution >= 4 is 21.4 Å². The van der Waals surface area contributed by atoms with Gasteiger partial charge in [-0.25, -0.2) is 22.8 Å². The fraction of sp³-hybridized carbons (Fsp3) is 0.250. The summed E-state index contributed by atoms with van der Waals surface area (Å²) in [4.78, 5) is 4.01. The van der Waals surface area contributed by atoms with E-state index in [9.17, 15) is 8.42 Å². The van der Waals surface area contributed by atoms with Crippen LogP contribution in [-0.2, 0) is 23.6 Å². The minimum Gasteiger partial charge on any atom is -0.337 e. The van der Waals surface area contributed by atoms with Crippen LogP contribution >= 0.6 is 11.3 Å². The molecule has 3 rings (SSSR count). The van der Waals surface area contributed by atoms with Crippen LogP contribution in [0, 0.1) is 6.92 Å². The molecule has 116 valence electrons. The summed E-state index contributed by atoms with van der Waals surface area (Å²) in [5.41, 5.74) is 1.43. The minimum absolute atomic E-state index is 0.00211. The molecule has 0 unspecified atom stereocenters. The second-order valence-electron chi connectivity index (χ2n) is 4.70. The zero-order valence-corrected chi connectivity index (χ0v) is 13.6. The van der Waals surface area contributed by atoms with Crippen LogP contribution < -0.4 is 4.72 Å². The van der Waals surface area contributed by atoms with Crippen LogP contribution in [0.15, 0.2) is 34.2 Å². The number of imidazole rings is 1. The van der Waals surface area contributed by atoms with Crippen molar-refractivity contribution < 1.29 is 8.42 Å². The molecule has 0 saturated carbocycles. The fourth-order valence-electron chi connectivity index (χ4n) is 1.79. The van der Waals surface area contributed by atoms with E-state index >= 15 is 0 Å². The first-order chi connectivity index (χ1) is 10.5. The van der Waals surface area contributed by atoms with E-state index in [0.717, 1.165) is 5.69 Å². The molecule has 0 saturated heterocycles. The first-order valence-corrected chi connectivity index (χ1v) is 8.82. The maximum Gasteiger partial charge on any atom is 0.259 e. The Morgan fingerprint density at radius 3 is 2.82 bits per heavy atom. The van der Waals surface area contributed by atoms with E-state index in [2.05, 4.69) is 20.0 Å². The number of aryl methyl sites for hydroxylation is 2. The third-order valence-corrected chi connectivity index (χ3v) is 5.06. The van der Waals surface area contributed by atoms with E-state index in [1.54, 1.807) is 40.8 Å². The van der Waals surface area contributed by atoms with E-state index in [4.69, 9.17) is 0 Å². The molecular weight excluding hydrogens is 324 g/mol. The van der Waals surface area contributed by atoms with Crippen molar-refractivity contribution in [3.8, 4) is 5.69 Å². The second-order valence-corrected chi connectivity index (χ2v) is 7.19. The molecule has 0 bridgehead atoms. The Morgan fingerprint density at radius 2 is 2.18 bits per heavy atom. The molecule has 1 N–H and O–H groups in total. The monoisotopic (exact) mass is 338 g/mol. The van der Waals surface area contributed by atoms with Crippen LogP contribution in [0.4, 0.5) is 0 Å². The summed E-state index contributed by atoms with van der Waals surface area (Å²) in [6.45, 7) is 1.80. The Balaban J connectivity index is 1.72. The van der Waals surface area contributed by atoms with Crippen molar-refractivity contribution in [1.29, 1.82) is 0 Å². The standard InChI is InChI=1S/C12H14N6O2S2/c1-9-14-12(7-17(9)2)22(19,20)13-5-10-6-18(16-15-10)11-3-4-21-8-11/h3-4,6-8,13H,5H2,1-2H3. The highest BCUT2D eigenvalue weighted by molar-refractivity contribution is 7.89. The Bertz CT molecular complexity index is 859. The number of aromatic nitrogens is 5. The third-order valence-electron chi connectivity index (χ3n) is 3.12. The minimum atomic E-state index is -3.66. The lowest BCUT2D eigenvalue weighted by Gasteiger charge is -2.01. The lowest BCUT2D eigenvalue weighted by molar-refractivity contribution is 0.577. The molecule has 0 spiro atoms. The van der Waals surface area contributed by atoms with E-state index < -0.39 is 10.0 Å². The van der Waals surface area contributed by atoms with Gasteiger partial charge in [0.15, 0.2) is 5.03 Å². The number of nitrogens with zero attached hydrogens (tertiary/aromatic N) is 5. The summed E-state index contributed by atoms with van der Waals surface area (Å²) in [6.07, 6.45) is 3.16. The predicted molar refractivity (Wildman–Crippen MR) is 81.2 cm³/mol. The topological polar surface area (TPSA) is 94.7 Å². The van der Waals surface area contributed by atoms with Crippen molar-refractivity contribution in [2.24, 2.45) is 7.05 Å². The number of nitrogens with one attached hydrogen (secondary N) is 1. The number of hydrogen-bond donors (Lipinski definition) is 1. The molecule has 22 heavy (non-hydrogen) atoms. The molecule has 3 aromatic heterocycles. The second kappa shape index (κ2) is 5.63. The largest absolute Gasteiger partial charge is 0.337 e. The zero-order chi connectivity index (χ0) is 15.7. The molecule has 3 heterocycles. The summed E-state index contributed by atoms with van der Waals surface area (Å²) in [5, 5.41) is 11.8. The maximum absolute atomic E-state index is 12.2. The van der Waals surface area contributed by atoms with Gasteiger partial charge in [0.2, 0.25) is 0 Å². The van der Waals surface area contributed by atoms with E-state index in [1.807, 2.05) is 16.8 Å². The number of hydrogen-bond acceptors (Lipinski definition) is 6. The quantitative estimate of drug-likeness (QED) is 0.744. The highest BCUT2D eigenvalue weighted by Crippen LogP contribution is 2.12. The molecule has 0 aliphatic heterocycles. The molecule has 0 radical (unpaired) electrons. The Labute approximate surface area is 131 Å². The molecule has 0 aromatic carbocycles. The van der Waals surface area contributed by atoms with Crippen molar-refractivity contribution in [2.45, 2.75) is 18.5 Å². The van der Waals surface area contributed by atoms with Gasteiger partial charge in [-0.1, -0.05) is 5.21 Å². The molecule has 0 atom stereocenters. The summed E-state index contributed by atoms with van der Waals surface area (Å²) < 4.78 is 30.1. The fourth-order valence-corrected chi connectivity index (χ4v) is 3.45. The van der Waals surface area contributed by atoms with Gasteiger partial charge in [0.25, 0.3) is 10.0 Å². The Hall–Kier alpha value is -2.04. The van der Waals surface area contributed by atoms with Crippen LogP contribution in [-0.4, -0.2) is 33.0 Å². The molecule has 0 aliphatic carbocycles. The lowest BCUT2D eigenvalue weighted by atomic mass is 10.5. The smallest absolute Gasteiger partial charge is 0.259 e. The highest BCUT2D eigenvalue weighted by Gasteiger charge is 2.18. The van der Waals surface area contributed by atoms with Crippen LogP contribution in [0.1, 0.15) is 11.5 Å². The van der Waals surface area contributed by atoms with Crippen LogP contribution in [0.2, 0.25) is 0 Å². The number of sulfonamides is 1. The van der Waals surface area contributed by atoms with Crippen molar-refractivity contribution in [2.75, 3.05) is 0 Å². The van der Waals surface area contributed by atoms with Gasteiger partial charge >= 0.3 is 0 Å². The first-order valence-electron chi connectivity index (χ1n) is 6.39. The van der Waals surface area contributed by atoms with Crippen LogP contribution in [0.3, 0.4) is 0 Å². The average Bonchev–Trinajstić information content (AvgIpc) is 3.18. The first kappa shape index (κ1) is 14.9. The maximum atomic E-state index is 12.2. The normalized spacial score (nSPS) is 11.9. The van der Waals surface area contributed by atoms with Crippen LogP contribution in [0.25, 0.3) is 5.69 Å². The molecule has 0 aliphatic rings. The van der Waals surface area contributed by atoms with Crippen LogP contribution in [0.5, 0.6) is 0 Å². The zero-order valence-electron chi connectivity index (χ0n) is 12.0. The van der Waals surface area contributed by atoms with Gasteiger partial charge in [-0.3, -0.25) is 0 Å². The summed E-state index contributed by atoms with van der Waals surface area (Å²) in [6, 6.07) is 1.91. The average molecular weight is 338 g/mol.